The number of rotatable bonds is 6. The van der Waals surface area contributed by atoms with Crippen LogP contribution >= 0.6 is 0 Å². The lowest BCUT2D eigenvalue weighted by molar-refractivity contribution is -0.124. The van der Waals surface area contributed by atoms with Crippen LogP contribution in [0.15, 0.2) is 36.9 Å². The fourth-order valence-corrected chi connectivity index (χ4v) is 1.32. The van der Waals surface area contributed by atoms with Gasteiger partial charge in [-0.1, -0.05) is 6.08 Å². The lowest BCUT2D eigenvalue weighted by Gasteiger charge is -2.10. The number of hydrogen-bond acceptors (Lipinski definition) is 3. The maximum Gasteiger partial charge on any atom is 0.253 e. The summed E-state index contributed by atoms with van der Waals surface area (Å²) >= 11 is 0. The van der Waals surface area contributed by atoms with Gasteiger partial charge in [0, 0.05) is 24.9 Å². The van der Waals surface area contributed by atoms with Crippen LogP contribution in [0.25, 0.3) is 0 Å². The fraction of sp³-hybridized carbons (Fsp3) is 0.286. The van der Waals surface area contributed by atoms with Crippen molar-refractivity contribution < 1.29 is 14.3 Å². The Morgan fingerprint density at radius 2 is 2.00 bits per heavy atom. The smallest absolute Gasteiger partial charge is 0.253 e. The minimum Gasteiger partial charge on any atom is -0.372 e. The highest BCUT2D eigenvalue weighted by Crippen LogP contribution is 2.10. The number of ether oxygens (including phenoxy) is 1. The second kappa shape index (κ2) is 7.33. The molecule has 0 aliphatic carbocycles. The number of nitrogens with one attached hydrogen (secondary N) is 2. The molecule has 0 aliphatic rings. The Kier molecular flexibility index (Phi) is 5.75. The Bertz CT molecular complexity index is 454. The van der Waals surface area contributed by atoms with Gasteiger partial charge < -0.3 is 15.4 Å². The molecule has 0 aromatic heterocycles. The third-order valence-electron chi connectivity index (χ3n) is 2.54. The Morgan fingerprint density at radius 1 is 1.37 bits per heavy atom. The summed E-state index contributed by atoms with van der Waals surface area (Å²) in [7, 11) is 1.47. The first-order valence-corrected chi connectivity index (χ1v) is 5.91. The van der Waals surface area contributed by atoms with Gasteiger partial charge in [0.1, 0.15) is 6.10 Å². The van der Waals surface area contributed by atoms with Gasteiger partial charge in [0.25, 0.3) is 11.8 Å². The van der Waals surface area contributed by atoms with Crippen LogP contribution in [0.2, 0.25) is 0 Å². The molecule has 2 N–H and O–H groups in total. The zero-order valence-corrected chi connectivity index (χ0v) is 11.1. The van der Waals surface area contributed by atoms with Crippen molar-refractivity contribution >= 4 is 17.5 Å². The Balaban J connectivity index is 2.63. The predicted octanol–water partition coefficient (Wildman–Crippen LogP) is 1.58. The van der Waals surface area contributed by atoms with Gasteiger partial charge in [-0.15, -0.1) is 6.58 Å². The molecule has 1 aromatic rings. The number of benzene rings is 1. The van der Waals surface area contributed by atoms with Crippen molar-refractivity contribution in [1.82, 2.24) is 5.32 Å². The molecular weight excluding hydrogens is 244 g/mol. The van der Waals surface area contributed by atoms with Crippen molar-refractivity contribution in [2.24, 2.45) is 0 Å². The van der Waals surface area contributed by atoms with E-state index in [4.69, 9.17) is 4.74 Å². The van der Waals surface area contributed by atoms with Crippen LogP contribution in [0.3, 0.4) is 0 Å². The standard InChI is InChI=1S/C14H18N2O3/c1-4-9-15-14(18)11-5-7-12(8-6-11)16-13(17)10(2)19-3/h4-8,10H,1,9H2,2-3H3,(H,15,18)(H,16,17). The highest BCUT2D eigenvalue weighted by atomic mass is 16.5. The van der Waals surface area contributed by atoms with Gasteiger partial charge in [-0.25, -0.2) is 0 Å². The first-order valence-electron chi connectivity index (χ1n) is 5.91. The van der Waals surface area contributed by atoms with E-state index in [0.717, 1.165) is 0 Å². The number of anilines is 1. The van der Waals surface area contributed by atoms with Crippen molar-refractivity contribution in [1.29, 1.82) is 0 Å². The zero-order valence-electron chi connectivity index (χ0n) is 11.1. The van der Waals surface area contributed by atoms with Crippen LogP contribution in [0.5, 0.6) is 0 Å². The molecule has 19 heavy (non-hydrogen) atoms. The van der Waals surface area contributed by atoms with Crippen molar-refractivity contribution in [2.75, 3.05) is 19.0 Å². The zero-order chi connectivity index (χ0) is 14.3. The number of carbonyl (C=O) groups excluding carboxylic acids is 2. The van der Waals surface area contributed by atoms with Crippen LogP contribution in [0, 0.1) is 0 Å². The number of methoxy groups -OCH3 is 1. The van der Waals surface area contributed by atoms with Crippen LogP contribution in [-0.4, -0.2) is 31.6 Å². The topological polar surface area (TPSA) is 67.4 Å². The third-order valence-corrected chi connectivity index (χ3v) is 2.54. The summed E-state index contributed by atoms with van der Waals surface area (Å²) in [5.74, 6) is -0.408. The van der Waals surface area contributed by atoms with Crippen molar-refractivity contribution in [3.63, 3.8) is 0 Å². The largest absolute Gasteiger partial charge is 0.372 e. The molecule has 0 aliphatic heterocycles. The van der Waals surface area contributed by atoms with E-state index in [1.54, 1.807) is 37.3 Å². The van der Waals surface area contributed by atoms with Crippen LogP contribution < -0.4 is 10.6 Å². The first kappa shape index (κ1) is 14.9. The number of hydrogen-bond donors (Lipinski definition) is 2. The lowest BCUT2D eigenvalue weighted by Crippen LogP contribution is -2.26. The summed E-state index contributed by atoms with van der Waals surface area (Å²) in [6.07, 6.45) is 1.09. The minimum atomic E-state index is -0.518. The van der Waals surface area contributed by atoms with E-state index < -0.39 is 6.10 Å². The second-order valence-electron chi connectivity index (χ2n) is 3.94. The van der Waals surface area contributed by atoms with E-state index in [1.165, 1.54) is 7.11 Å². The van der Waals surface area contributed by atoms with Gasteiger partial charge in [-0.3, -0.25) is 9.59 Å². The monoisotopic (exact) mass is 262 g/mol. The Hall–Kier alpha value is -2.14. The summed E-state index contributed by atoms with van der Waals surface area (Å²) in [6.45, 7) is 5.60. The lowest BCUT2D eigenvalue weighted by atomic mass is 10.2. The van der Waals surface area contributed by atoms with Gasteiger partial charge in [0.2, 0.25) is 0 Å². The average molecular weight is 262 g/mol. The van der Waals surface area contributed by atoms with Gasteiger partial charge in [0.15, 0.2) is 0 Å². The predicted molar refractivity (Wildman–Crippen MR) is 74.1 cm³/mol. The van der Waals surface area contributed by atoms with Crippen molar-refractivity contribution in [3.8, 4) is 0 Å². The van der Waals surface area contributed by atoms with E-state index in [1.807, 2.05) is 0 Å². The molecule has 2 amide bonds. The summed E-state index contributed by atoms with van der Waals surface area (Å²) in [4.78, 5) is 23.2. The summed E-state index contributed by atoms with van der Waals surface area (Å²) in [5, 5.41) is 5.36. The fourth-order valence-electron chi connectivity index (χ4n) is 1.32. The molecule has 0 bridgehead atoms. The molecule has 1 atom stereocenters. The molecule has 0 saturated heterocycles. The average Bonchev–Trinajstić information content (AvgIpc) is 2.44. The molecule has 5 heteroatoms. The minimum absolute atomic E-state index is 0.178. The van der Waals surface area contributed by atoms with Crippen LogP contribution in [-0.2, 0) is 9.53 Å². The molecule has 1 aromatic carbocycles. The summed E-state index contributed by atoms with van der Waals surface area (Å²) in [6, 6.07) is 6.63. The van der Waals surface area contributed by atoms with E-state index in [2.05, 4.69) is 17.2 Å². The molecule has 102 valence electrons. The maximum absolute atomic E-state index is 11.6. The van der Waals surface area contributed by atoms with Crippen molar-refractivity contribution in [3.05, 3.63) is 42.5 Å². The molecule has 1 rings (SSSR count). The molecule has 5 nitrogen and oxygen atoms in total. The maximum atomic E-state index is 11.6. The Labute approximate surface area is 112 Å². The van der Waals surface area contributed by atoms with Crippen molar-refractivity contribution in [2.45, 2.75) is 13.0 Å². The summed E-state index contributed by atoms with van der Waals surface area (Å²) in [5.41, 5.74) is 1.15. The normalized spacial score (nSPS) is 11.5. The number of amides is 2. The SMILES string of the molecule is C=CCNC(=O)c1ccc(NC(=O)C(C)OC)cc1. The van der Waals surface area contributed by atoms with Gasteiger partial charge in [-0.05, 0) is 31.2 Å². The molecule has 0 heterocycles. The molecule has 0 spiro atoms. The molecular formula is C14H18N2O3. The first-order chi connectivity index (χ1) is 9.08. The molecule has 0 saturated carbocycles. The highest BCUT2D eigenvalue weighted by molar-refractivity contribution is 5.96. The quantitative estimate of drug-likeness (QED) is 0.765. The van der Waals surface area contributed by atoms with E-state index in [-0.39, 0.29) is 11.8 Å². The highest BCUT2D eigenvalue weighted by Gasteiger charge is 2.11. The van der Waals surface area contributed by atoms with Crippen LogP contribution in [0.4, 0.5) is 5.69 Å². The molecule has 0 radical (unpaired) electrons. The van der Waals surface area contributed by atoms with Crippen LogP contribution in [0.1, 0.15) is 17.3 Å². The van der Waals surface area contributed by atoms with Gasteiger partial charge in [-0.2, -0.15) is 0 Å². The van der Waals surface area contributed by atoms with E-state index in [0.29, 0.717) is 17.8 Å². The van der Waals surface area contributed by atoms with Gasteiger partial charge in [0.05, 0.1) is 0 Å². The second-order valence-corrected chi connectivity index (χ2v) is 3.94. The summed E-state index contributed by atoms with van der Waals surface area (Å²) < 4.78 is 4.90. The van der Waals surface area contributed by atoms with E-state index >= 15 is 0 Å². The molecule has 1 unspecified atom stereocenters. The van der Waals surface area contributed by atoms with E-state index in [9.17, 15) is 9.59 Å². The number of carbonyl (C=O) groups is 2. The Morgan fingerprint density at radius 3 is 2.53 bits per heavy atom. The molecule has 0 fully saturated rings. The van der Waals surface area contributed by atoms with Gasteiger partial charge >= 0.3 is 0 Å². The third kappa shape index (κ3) is 4.56.